The second-order valence-corrected chi connectivity index (χ2v) is 4.53. The molecule has 0 unspecified atom stereocenters. The van der Waals surface area contributed by atoms with E-state index in [0.717, 1.165) is 29.5 Å². The summed E-state index contributed by atoms with van der Waals surface area (Å²) in [6.07, 6.45) is 7.66. The molecule has 3 nitrogen and oxygen atoms in total. The Labute approximate surface area is 88.0 Å². The number of fused-ring (bicyclic) bond motifs is 2. The van der Waals surface area contributed by atoms with Gasteiger partial charge >= 0.3 is 0 Å². The largest absolute Gasteiger partial charge is 0.472 e. The van der Waals surface area contributed by atoms with Crippen molar-refractivity contribution in [3.05, 3.63) is 29.2 Å². The lowest BCUT2D eigenvalue weighted by atomic mass is 9.71. The zero-order valence-corrected chi connectivity index (χ0v) is 8.44. The normalized spacial score (nSPS) is 34.3. The fraction of sp³-hybridized carbons (Fsp3) is 0.500. The van der Waals surface area contributed by atoms with Gasteiger partial charge in [0.2, 0.25) is 0 Å². The van der Waals surface area contributed by atoms with E-state index < -0.39 is 11.7 Å². The molecule has 2 aliphatic rings. The summed E-state index contributed by atoms with van der Waals surface area (Å²) in [4.78, 5) is 0. The van der Waals surface area contributed by atoms with Gasteiger partial charge in [0.25, 0.3) is 0 Å². The molecule has 2 atom stereocenters. The standard InChI is InChI=1S/C12H14O3/c13-11-3-1-2-10-4-8-6-15-7-9(8)5-12(10,11)14/h4,6-7,11,13-14H,1-3,5H2/t11-,12+/m1/s1. The minimum Gasteiger partial charge on any atom is -0.472 e. The van der Waals surface area contributed by atoms with E-state index in [9.17, 15) is 10.2 Å². The van der Waals surface area contributed by atoms with E-state index in [2.05, 4.69) is 0 Å². The minimum atomic E-state index is -1.05. The van der Waals surface area contributed by atoms with E-state index in [1.54, 1.807) is 12.5 Å². The van der Waals surface area contributed by atoms with Crippen molar-refractivity contribution in [3.63, 3.8) is 0 Å². The van der Waals surface area contributed by atoms with Gasteiger partial charge in [0.05, 0.1) is 18.6 Å². The molecule has 0 aliphatic heterocycles. The van der Waals surface area contributed by atoms with Crippen molar-refractivity contribution in [3.8, 4) is 0 Å². The number of rotatable bonds is 0. The predicted octanol–water partition coefficient (Wildman–Crippen LogP) is 1.49. The molecule has 0 amide bonds. The zero-order valence-electron chi connectivity index (χ0n) is 8.44. The van der Waals surface area contributed by atoms with E-state index >= 15 is 0 Å². The van der Waals surface area contributed by atoms with Crippen LogP contribution >= 0.6 is 0 Å². The van der Waals surface area contributed by atoms with Crippen molar-refractivity contribution in [2.75, 3.05) is 0 Å². The van der Waals surface area contributed by atoms with E-state index in [-0.39, 0.29) is 0 Å². The maximum Gasteiger partial charge on any atom is 0.116 e. The van der Waals surface area contributed by atoms with Gasteiger partial charge in [-0.05, 0) is 30.9 Å². The Bertz CT molecular complexity index is 418. The number of furan rings is 1. The summed E-state index contributed by atoms with van der Waals surface area (Å²) in [6.45, 7) is 0. The second kappa shape index (κ2) is 2.97. The molecule has 0 bridgehead atoms. The fourth-order valence-corrected chi connectivity index (χ4v) is 2.67. The molecule has 80 valence electrons. The van der Waals surface area contributed by atoms with Crippen LogP contribution in [0.25, 0.3) is 6.08 Å². The number of hydrogen-bond acceptors (Lipinski definition) is 3. The van der Waals surface area contributed by atoms with Crippen LogP contribution in [0.1, 0.15) is 30.4 Å². The highest BCUT2D eigenvalue weighted by molar-refractivity contribution is 5.62. The van der Waals surface area contributed by atoms with Gasteiger partial charge in [0.15, 0.2) is 0 Å². The maximum absolute atomic E-state index is 10.5. The smallest absolute Gasteiger partial charge is 0.116 e. The van der Waals surface area contributed by atoms with Crippen LogP contribution in [0.4, 0.5) is 0 Å². The summed E-state index contributed by atoms with van der Waals surface area (Å²) in [5, 5.41) is 20.4. The summed E-state index contributed by atoms with van der Waals surface area (Å²) in [5.74, 6) is 0. The first kappa shape index (κ1) is 9.19. The molecule has 15 heavy (non-hydrogen) atoms. The van der Waals surface area contributed by atoms with Crippen LogP contribution < -0.4 is 0 Å². The van der Waals surface area contributed by atoms with E-state index in [1.165, 1.54) is 0 Å². The number of hydrogen-bond donors (Lipinski definition) is 2. The number of aliphatic hydroxyl groups is 2. The third kappa shape index (κ3) is 1.20. The Morgan fingerprint density at radius 1 is 1.40 bits per heavy atom. The van der Waals surface area contributed by atoms with Gasteiger partial charge in [-0.1, -0.05) is 0 Å². The van der Waals surface area contributed by atoms with Crippen molar-refractivity contribution in [1.29, 1.82) is 0 Å². The zero-order chi connectivity index (χ0) is 10.5. The molecule has 1 aromatic rings. The van der Waals surface area contributed by atoms with Crippen molar-refractivity contribution >= 4 is 6.08 Å². The fourth-order valence-electron chi connectivity index (χ4n) is 2.67. The third-order valence-electron chi connectivity index (χ3n) is 3.60. The van der Waals surface area contributed by atoms with Crippen LogP contribution in [0.3, 0.4) is 0 Å². The molecule has 3 rings (SSSR count). The first-order chi connectivity index (χ1) is 7.20. The number of aliphatic hydroxyl groups excluding tert-OH is 1. The molecule has 1 heterocycles. The van der Waals surface area contributed by atoms with E-state index in [4.69, 9.17) is 4.42 Å². The Balaban J connectivity index is 2.09. The molecular weight excluding hydrogens is 192 g/mol. The molecule has 0 radical (unpaired) electrons. The average molecular weight is 206 g/mol. The molecular formula is C12H14O3. The monoisotopic (exact) mass is 206 g/mol. The van der Waals surface area contributed by atoms with Crippen LogP contribution in [-0.4, -0.2) is 21.9 Å². The summed E-state index contributed by atoms with van der Waals surface area (Å²) >= 11 is 0. The summed E-state index contributed by atoms with van der Waals surface area (Å²) in [7, 11) is 0. The summed E-state index contributed by atoms with van der Waals surface area (Å²) in [6, 6.07) is 0. The van der Waals surface area contributed by atoms with Crippen LogP contribution in [-0.2, 0) is 6.42 Å². The highest BCUT2D eigenvalue weighted by atomic mass is 16.3. The van der Waals surface area contributed by atoms with Crippen molar-refractivity contribution in [2.24, 2.45) is 0 Å². The van der Waals surface area contributed by atoms with Crippen molar-refractivity contribution < 1.29 is 14.6 Å². The van der Waals surface area contributed by atoms with Crippen LogP contribution in [0.5, 0.6) is 0 Å². The maximum atomic E-state index is 10.5. The molecule has 1 fully saturated rings. The minimum absolute atomic E-state index is 0.478. The lowest BCUT2D eigenvalue weighted by Gasteiger charge is -2.41. The van der Waals surface area contributed by atoms with Gasteiger partial charge in [-0.15, -0.1) is 0 Å². The first-order valence-corrected chi connectivity index (χ1v) is 5.37. The van der Waals surface area contributed by atoms with E-state index in [1.807, 2.05) is 6.08 Å². The van der Waals surface area contributed by atoms with Gasteiger partial charge in [0, 0.05) is 17.5 Å². The highest BCUT2D eigenvalue weighted by Gasteiger charge is 2.44. The SMILES string of the molecule is O[C@@H]1CCCC2=Cc3cocc3C[C@]21O. The third-order valence-corrected chi connectivity index (χ3v) is 3.60. The van der Waals surface area contributed by atoms with Gasteiger partial charge in [-0.25, -0.2) is 0 Å². The predicted molar refractivity (Wildman–Crippen MR) is 55.2 cm³/mol. The molecule has 0 spiro atoms. The Kier molecular flexibility index (Phi) is 1.82. The molecule has 2 aliphatic carbocycles. The topological polar surface area (TPSA) is 53.6 Å². The molecule has 0 aromatic carbocycles. The molecule has 2 N–H and O–H groups in total. The molecule has 3 heteroatoms. The van der Waals surface area contributed by atoms with Crippen LogP contribution in [0.15, 0.2) is 22.5 Å². The van der Waals surface area contributed by atoms with Gasteiger partial charge in [-0.2, -0.15) is 0 Å². The molecule has 1 saturated carbocycles. The Morgan fingerprint density at radius 3 is 3.13 bits per heavy atom. The quantitative estimate of drug-likeness (QED) is 0.676. The second-order valence-electron chi connectivity index (χ2n) is 4.53. The van der Waals surface area contributed by atoms with Gasteiger partial charge < -0.3 is 14.6 Å². The van der Waals surface area contributed by atoms with Crippen molar-refractivity contribution in [1.82, 2.24) is 0 Å². The van der Waals surface area contributed by atoms with E-state index in [0.29, 0.717) is 12.8 Å². The summed E-state index contributed by atoms with van der Waals surface area (Å²) in [5.41, 5.74) is 1.94. The van der Waals surface area contributed by atoms with Crippen molar-refractivity contribution in [2.45, 2.75) is 37.4 Å². The van der Waals surface area contributed by atoms with Gasteiger partial charge in [0.1, 0.15) is 5.60 Å². The lowest BCUT2D eigenvalue weighted by molar-refractivity contribution is -0.0645. The Hall–Kier alpha value is -1.06. The summed E-state index contributed by atoms with van der Waals surface area (Å²) < 4.78 is 5.12. The molecule has 0 saturated heterocycles. The van der Waals surface area contributed by atoms with Gasteiger partial charge in [-0.3, -0.25) is 0 Å². The average Bonchev–Trinajstić information content (AvgIpc) is 2.63. The lowest BCUT2D eigenvalue weighted by Crippen LogP contribution is -2.49. The highest BCUT2D eigenvalue weighted by Crippen LogP contribution is 2.41. The first-order valence-electron chi connectivity index (χ1n) is 5.37. The van der Waals surface area contributed by atoms with Crippen LogP contribution in [0, 0.1) is 0 Å². The van der Waals surface area contributed by atoms with Crippen LogP contribution in [0.2, 0.25) is 0 Å². The Morgan fingerprint density at radius 2 is 2.27 bits per heavy atom. The molecule has 1 aromatic heterocycles.